The van der Waals surface area contributed by atoms with Crippen molar-refractivity contribution >= 4 is 17.7 Å². The van der Waals surface area contributed by atoms with Gasteiger partial charge < -0.3 is 14.2 Å². The third-order valence-corrected chi connectivity index (χ3v) is 4.85. The second kappa shape index (κ2) is 7.96. The first-order chi connectivity index (χ1) is 13.3. The number of benzene rings is 2. The third-order valence-electron chi connectivity index (χ3n) is 4.85. The maximum Gasteiger partial charge on any atom is 0.246 e. The predicted octanol–water partition coefficient (Wildman–Crippen LogP) is 4.31. The van der Waals surface area contributed by atoms with Crippen LogP contribution in [0.4, 0.5) is 5.69 Å². The molecule has 1 fully saturated rings. The van der Waals surface area contributed by atoms with E-state index in [4.69, 9.17) is 4.42 Å². The normalized spacial score (nSPS) is 14.7. The van der Waals surface area contributed by atoms with Crippen LogP contribution in [-0.4, -0.2) is 37.0 Å². The van der Waals surface area contributed by atoms with Crippen LogP contribution in [0.3, 0.4) is 0 Å². The summed E-state index contributed by atoms with van der Waals surface area (Å²) in [7, 11) is 0. The molecule has 3 aromatic rings. The van der Waals surface area contributed by atoms with E-state index in [0.29, 0.717) is 0 Å². The first kappa shape index (κ1) is 17.2. The molecule has 27 heavy (non-hydrogen) atoms. The lowest BCUT2D eigenvalue weighted by Gasteiger charge is -2.35. The van der Waals surface area contributed by atoms with Gasteiger partial charge >= 0.3 is 0 Å². The van der Waals surface area contributed by atoms with Crippen molar-refractivity contribution in [3.63, 3.8) is 0 Å². The van der Waals surface area contributed by atoms with Crippen molar-refractivity contribution in [2.24, 2.45) is 0 Å². The van der Waals surface area contributed by atoms with E-state index in [9.17, 15) is 4.79 Å². The van der Waals surface area contributed by atoms with Crippen LogP contribution in [0.2, 0.25) is 0 Å². The highest BCUT2D eigenvalue weighted by Crippen LogP contribution is 2.24. The van der Waals surface area contributed by atoms with Crippen LogP contribution in [0.5, 0.6) is 0 Å². The largest absolute Gasteiger partial charge is 0.464 e. The number of amides is 1. The van der Waals surface area contributed by atoms with Crippen LogP contribution >= 0.6 is 0 Å². The van der Waals surface area contributed by atoms with Gasteiger partial charge in [0.25, 0.3) is 0 Å². The lowest BCUT2D eigenvalue weighted by atomic mass is 10.1. The number of rotatable bonds is 4. The molecule has 0 atom stereocenters. The van der Waals surface area contributed by atoms with Crippen LogP contribution < -0.4 is 4.90 Å². The molecule has 0 aliphatic carbocycles. The topological polar surface area (TPSA) is 36.7 Å². The molecule has 4 rings (SSSR count). The zero-order chi connectivity index (χ0) is 18.5. The number of anilines is 1. The smallest absolute Gasteiger partial charge is 0.246 e. The summed E-state index contributed by atoms with van der Waals surface area (Å²) in [5.41, 5.74) is 3.29. The average Bonchev–Trinajstić information content (AvgIpc) is 3.28. The molecular formula is C23H22N2O2. The quantitative estimate of drug-likeness (QED) is 0.652. The molecular weight excluding hydrogens is 336 g/mol. The van der Waals surface area contributed by atoms with Gasteiger partial charge in [-0.05, 0) is 48.0 Å². The van der Waals surface area contributed by atoms with Crippen molar-refractivity contribution < 1.29 is 9.21 Å². The predicted molar refractivity (Wildman–Crippen MR) is 108 cm³/mol. The van der Waals surface area contributed by atoms with Crippen molar-refractivity contribution in [3.8, 4) is 11.3 Å². The molecule has 0 N–H and O–H groups in total. The maximum absolute atomic E-state index is 12.4. The summed E-state index contributed by atoms with van der Waals surface area (Å²) in [6.45, 7) is 3.14. The number of carbonyl (C=O) groups is 1. The fraction of sp³-hybridized carbons (Fsp3) is 0.174. The number of piperazine rings is 1. The summed E-state index contributed by atoms with van der Waals surface area (Å²) >= 11 is 0. The number of carbonyl (C=O) groups excluding carboxylic acids is 1. The molecule has 0 bridgehead atoms. The van der Waals surface area contributed by atoms with Gasteiger partial charge in [-0.15, -0.1) is 0 Å². The number of hydrogen-bond acceptors (Lipinski definition) is 3. The fourth-order valence-corrected chi connectivity index (χ4v) is 3.30. The van der Waals surface area contributed by atoms with Gasteiger partial charge in [0.15, 0.2) is 0 Å². The summed E-state index contributed by atoms with van der Waals surface area (Å²) in [5, 5.41) is 0. The Balaban J connectivity index is 1.33. The summed E-state index contributed by atoms with van der Waals surface area (Å²) in [5.74, 6) is 0.953. The van der Waals surface area contributed by atoms with Crippen molar-refractivity contribution in [2.75, 3.05) is 31.1 Å². The van der Waals surface area contributed by atoms with E-state index in [0.717, 1.165) is 43.1 Å². The Hall–Kier alpha value is -3.27. The van der Waals surface area contributed by atoms with Gasteiger partial charge in [-0.2, -0.15) is 0 Å². The van der Waals surface area contributed by atoms with Gasteiger partial charge in [-0.1, -0.05) is 30.3 Å². The highest BCUT2D eigenvalue weighted by Gasteiger charge is 2.19. The Bertz CT molecular complexity index is 891. The molecule has 1 aliphatic heterocycles. The second-order valence-corrected chi connectivity index (χ2v) is 6.58. The maximum atomic E-state index is 12.4. The molecule has 4 heteroatoms. The van der Waals surface area contributed by atoms with E-state index in [-0.39, 0.29) is 5.91 Å². The first-order valence-electron chi connectivity index (χ1n) is 9.20. The van der Waals surface area contributed by atoms with E-state index in [1.54, 1.807) is 12.3 Å². The van der Waals surface area contributed by atoms with Crippen LogP contribution in [0.1, 0.15) is 5.56 Å². The van der Waals surface area contributed by atoms with Crippen LogP contribution in [0.15, 0.2) is 83.5 Å². The van der Waals surface area contributed by atoms with Crippen molar-refractivity contribution in [1.82, 2.24) is 4.90 Å². The first-order valence-corrected chi connectivity index (χ1v) is 9.20. The van der Waals surface area contributed by atoms with Crippen LogP contribution in [0, 0.1) is 0 Å². The minimum Gasteiger partial charge on any atom is -0.464 e. The Labute approximate surface area is 159 Å². The molecule has 2 heterocycles. The zero-order valence-corrected chi connectivity index (χ0v) is 15.1. The van der Waals surface area contributed by atoms with Gasteiger partial charge in [0, 0.05) is 43.5 Å². The van der Waals surface area contributed by atoms with Gasteiger partial charge in [0.2, 0.25) is 5.91 Å². The summed E-state index contributed by atoms with van der Waals surface area (Å²) in [6.07, 6.45) is 5.23. The summed E-state index contributed by atoms with van der Waals surface area (Å²) in [6, 6.07) is 22.1. The minimum absolute atomic E-state index is 0.0756. The lowest BCUT2D eigenvalue weighted by molar-refractivity contribution is -0.126. The van der Waals surface area contributed by atoms with Gasteiger partial charge in [0.05, 0.1) is 6.26 Å². The third kappa shape index (κ3) is 4.11. The number of nitrogens with zero attached hydrogens (tertiary/aromatic N) is 2. The second-order valence-electron chi connectivity index (χ2n) is 6.58. The van der Waals surface area contributed by atoms with Crippen LogP contribution in [0.25, 0.3) is 17.4 Å². The van der Waals surface area contributed by atoms with E-state index >= 15 is 0 Å². The highest BCUT2D eigenvalue weighted by atomic mass is 16.3. The summed E-state index contributed by atoms with van der Waals surface area (Å²) < 4.78 is 5.44. The zero-order valence-electron chi connectivity index (χ0n) is 15.1. The molecule has 1 saturated heterocycles. The Morgan fingerprint density at radius 3 is 2.26 bits per heavy atom. The van der Waals surface area contributed by atoms with E-state index in [2.05, 4.69) is 29.2 Å². The summed E-state index contributed by atoms with van der Waals surface area (Å²) in [4.78, 5) is 16.6. The monoisotopic (exact) mass is 358 g/mol. The molecule has 136 valence electrons. The molecule has 1 amide bonds. The van der Waals surface area contributed by atoms with E-state index in [1.165, 1.54) is 5.69 Å². The molecule has 2 aromatic carbocycles. The Morgan fingerprint density at radius 1 is 0.852 bits per heavy atom. The molecule has 0 saturated carbocycles. The Morgan fingerprint density at radius 2 is 1.59 bits per heavy atom. The van der Waals surface area contributed by atoms with Gasteiger partial charge in [-0.3, -0.25) is 4.79 Å². The molecule has 4 nitrogen and oxygen atoms in total. The minimum atomic E-state index is 0.0756. The van der Waals surface area contributed by atoms with Crippen molar-refractivity contribution in [1.29, 1.82) is 0 Å². The van der Waals surface area contributed by atoms with E-state index < -0.39 is 0 Å². The molecule has 0 unspecified atom stereocenters. The molecule has 1 aliphatic rings. The fourth-order valence-electron chi connectivity index (χ4n) is 3.30. The standard InChI is InChI=1S/C23H22N2O2/c26-23(13-8-19-5-2-1-3-6-19)25-16-14-24(15-17-25)21-11-9-20(10-12-21)22-7-4-18-27-22/h1-13,18H,14-17H2. The van der Waals surface area contributed by atoms with Crippen molar-refractivity contribution in [3.05, 3.63) is 84.6 Å². The Kier molecular flexibility index (Phi) is 5.06. The molecule has 1 aromatic heterocycles. The van der Waals surface area contributed by atoms with Gasteiger partial charge in [0.1, 0.15) is 5.76 Å². The van der Waals surface area contributed by atoms with Gasteiger partial charge in [-0.25, -0.2) is 0 Å². The van der Waals surface area contributed by atoms with Crippen molar-refractivity contribution in [2.45, 2.75) is 0 Å². The SMILES string of the molecule is O=C(C=Cc1ccccc1)N1CCN(c2ccc(-c3ccco3)cc2)CC1. The number of furan rings is 1. The number of hydrogen-bond donors (Lipinski definition) is 0. The van der Waals surface area contributed by atoms with Crippen LogP contribution in [-0.2, 0) is 4.79 Å². The molecule has 0 radical (unpaired) electrons. The molecule has 0 spiro atoms. The van der Waals surface area contributed by atoms with E-state index in [1.807, 2.05) is 53.4 Å². The lowest BCUT2D eigenvalue weighted by Crippen LogP contribution is -2.48. The highest BCUT2D eigenvalue weighted by molar-refractivity contribution is 5.92. The average molecular weight is 358 g/mol.